The van der Waals surface area contributed by atoms with Crippen LogP contribution in [-0.4, -0.2) is 56.1 Å². The summed E-state index contributed by atoms with van der Waals surface area (Å²) >= 11 is 0. The number of hydrogen-bond acceptors (Lipinski definition) is 5. The molecular weight excluding hydrogens is 306 g/mol. The van der Waals surface area contributed by atoms with Crippen molar-refractivity contribution in [3.8, 4) is 11.5 Å². The molecule has 0 aliphatic rings. The van der Waals surface area contributed by atoms with Crippen molar-refractivity contribution in [1.82, 2.24) is 4.90 Å². The normalized spacial score (nSPS) is 12.9. The van der Waals surface area contributed by atoms with Crippen LogP contribution >= 0.6 is 0 Å². The van der Waals surface area contributed by atoms with Gasteiger partial charge in [-0.05, 0) is 37.5 Å². The van der Waals surface area contributed by atoms with E-state index in [-0.39, 0.29) is 0 Å². The Hall–Kier alpha value is -1.30. The number of ether oxygens (including phenoxy) is 3. The van der Waals surface area contributed by atoms with Crippen molar-refractivity contribution >= 4 is 0 Å². The third-order valence-corrected chi connectivity index (χ3v) is 3.77. The Bertz CT molecular complexity index is 476. The molecule has 1 rings (SSSR count). The fourth-order valence-electron chi connectivity index (χ4n) is 2.43. The molecule has 5 heteroatoms. The summed E-state index contributed by atoms with van der Waals surface area (Å²) in [7, 11) is 3.27. The van der Waals surface area contributed by atoms with E-state index in [2.05, 4.69) is 32.6 Å². The Morgan fingerprint density at radius 3 is 2.21 bits per heavy atom. The number of methoxy groups -OCH3 is 2. The smallest absolute Gasteiger partial charge is 0.161 e. The highest BCUT2D eigenvalue weighted by atomic mass is 16.5. The Balaban J connectivity index is 2.65. The van der Waals surface area contributed by atoms with Crippen molar-refractivity contribution in [3.05, 3.63) is 23.8 Å². The first-order valence-electron chi connectivity index (χ1n) is 8.58. The fraction of sp³-hybridized carbons (Fsp3) is 0.684. The average molecular weight is 339 g/mol. The maximum atomic E-state index is 10.2. The van der Waals surface area contributed by atoms with Crippen LogP contribution in [0.15, 0.2) is 18.2 Å². The molecule has 5 nitrogen and oxygen atoms in total. The minimum absolute atomic E-state index is 0.317. The standard InChI is InChI=1S/C19H33NO4/c1-14(2)12-24-13-17(21)11-20(15(3)4)10-16-7-8-18(22-5)19(9-16)23-6/h7-9,14-15,17,21H,10-13H2,1-6H3/t17-/m0/s1. The third kappa shape index (κ3) is 7.07. The highest BCUT2D eigenvalue weighted by molar-refractivity contribution is 5.42. The van der Waals surface area contributed by atoms with Crippen molar-refractivity contribution in [3.63, 3.8) is 0 Å². The summed E-state index contributed by atoms with van der Waals surface area (Å²) in [5.41, 5.74) is 1.12. The van der Waals surface area contributed by atoms with Gasteiger partial charge in [-0.15, -0.1) is 0 Å². The first-order valence-corrected chi connectivity index (χ1v) is 8.58. The van der Waals surface area contributed by atoms with Crippen LogP contribution < -0.4 is 9.47 Å². The first-order chi connectivity index (χ1) is 11.4. The molecule has 0 aliphatic carbocycles. The summed E-state index contributed by atoms with van der Waals surface area (Å²) in [5.74, 6) is 1.92. The van der Waals surface area contributed by atoms with Gasteiger partial charge in [0.25, 0.3) is 0 Å². The molecule has 1 N–H and O–H groups in total. The van der Waals surface area contributed by atoms with E-state index in [4.69, 9.17) is 14.2 Å². The van der Waals surface area contributed by atoms with Gasteiger partial charge in [-0.1, -0.05) is 19.9 Å². The van der Waals surface area contributed by atoms with Gasteiger partial charge < -0.3 is 19.3 Å². The predicted molar refractivity (Wildman–Crippen MR) is 96.8 cm³/mol. The highest BCUT2D eigenvalue weighted by Crippen LogP contribution is 2.28. The molecule has 0 radical (unpaired) electrons. The van der Waals surface area contributed by atoms with Gasteiger partial charge in [0.05, 0.1) is 26.9 Å². The summed E-state index contributed by atoms with van der Waals surface area (Å²) in [6.07, 6.45) is -0.494. The lowest BCUT2D eigenvalue weighted by Crippen LogP contribution is -2.39. The van der Waals surface area contributed by atoms with E-state index >= 15 is 0 Å². The van der Waals surface area contributed by atoms with E-state index in [0.717, 1.165) is 23.6 Å². The van der Waals surface area contributed by atoms with E-state index in [9.17, 15) is 5.11 Å². The molecule has 24 heavy (non-hydrogen) atoms. The highest BCUT2D eigenvalue weighted by Gasteiger charge is 2.16. The van der Waals surface area contributed by atoms with Crippen LogP contribution in [0.25, 0.3) is 0 Å². The van der Waals surface area contributed by atoms with Crippen LogP contribution in [0, 0.1) is 5.92 Å². The summed E-state index contributed by atoms with van der Waals surface area (Å²) in [4.78, 5) is 2.23. The van der Waals surface area contributed by atoms with Gasteiger partial charge in [0.1, 0.15) is 0 Å². The zero-order valence-corrected chi connectivity index (χ0v) is 15.9. The van der Waals surface area contributed by atoms with Crippen molar-refractivity contribution < 1.29 is 19.3 Å². The maximum absolute atomic E-state index is 10.2. The predicted octanol–water partition coefficient (Wildman–Crippen LogP) is 2.95. The van der Waals surface area contributed by atoms with Gasteiger partial charge in [-0.25, -0.2) is 0 Å². The summed E-state index contributed by atoms with van der Waals surface area (Å²) in [6.45, 7) is 10.8. The molecule has 1 aromatic rings. The lowest BCUT2D eigenvalue weighted by atomic mass is 10.1. The van der Waals surface area contributed by atoms with Gasteiger partial charge in [-0.3, -0.25) is 4.90 Å². The van der Waals surface area contributed by atoms with Gasteiger partial charge in [0.15, 0.2) is 11.5 Å². The number of aliphatic hydroxyl groups is 1. The quantitative estimate of drug-likeness (QED) is 0.672. The molecule has 0 aliphatic heterocycles. The number of nitrogens with zero attached hydrogens (tertiary/aromatic N) is 1. The van der Waals surface area contributed by atoms with Gasteiger partial charge in [-0.2, -0.15) is 0 Å². The molecule has 1 aromatic carbocycles. The molecule has 0 heterocycles. The minimum Gasteiger partial charge on any atom is -0.493 e. The molecule has 0 fully saturated rings. The number of aliphatic hydroxyl groups excluding tert-OH is 1. The molecule has 0 unspecified atom stereocenters. The van der Waals surface area contributed by atoms with E-state index in [0.29, 0.717) is 31.7 Å². The first kappa shape index (κ1) is 20.7. The minimum atomic E-state index is -0.494. The van der Waals surface area contributed by atoms with Gasteiger partial charge >= 0.3 is 0 Å². The summed E-state index contributed by atoms with van der Waals surface area (Å²) in [5, 5.41) is 10.2. The van der Waals surface area contributed by atoms with Crippen LogP contribution in [0.4, 0.5) is 0 Å². The van der Waals surface area contributed by atoms with Crippen molar-refractivity contribution in [2.24, 2.45) is 5.92 Å². The third-order valence-electron chi connectivity index (χ3n) is 3.77. The topological polar surface area (TPSA) is 51.2 Å². The number of benzene rings is 1. The van der Waals surface area contributed by atoms with E-state index in [1.54, 1.807) is 14.2 Å². The van der Waals surface area contributed by atoms with E-state index < -0.39 is 6.10 Å². The Kier molecular flexibility index (Phi) is 9.11. The molecule has 0 saturated carbocycles. The van der Waals surface area contributed by atoms with Crippen molar-refractivity contribution in [2.45, 2.75) is 46.4 Å². The number of rotatable bonds is 11. The zero-order valence-electron chi connectivity index (χ0n) is 15.9. The molecule has 0 amide bonds. The molecule has 0 saturated heterocycles. The number of hydrogen-bond donors (Lipinski definition) is 1. The molecule has 0 aromatic heterocycles. The monoisotopic (exact) mass is 339 g/mol. The van der Waals surface area contributed by atoms with Crippen LogP contribution in [0.5, 0.6) is 11.5 Å². The average Bonchev–Trinajstić information content (AvgIpc) is 2.53. The SMILES string of the molecule is COc1ccc(CN(C[C@H](O)COCC(C)C)C(C)C)cc1OC. The molecule has 138 valence electrons. The van der Waals surface area contributed by atoms with Crippen LogP contribution in [-0.2, 0) is 11.3 Å². The Labute approximate surface area is 146 Å². The molecular formula is C19H33NO4. The summed E-state index contributed by atoms with van der Waals surface area (Å²) < 4.78 is 16.2. The van der Waals surface area contributed by atoms with Crippen molar-refractivity contribution in [2.75, 3.05) is 34.0 Å². The Morgan fingerprint density at radius 2 is 1.67 bits per heavy atom. The van der Waals surface area contributed by atoms with Crippen LogP contribution in [0.3, 0.4) is 0 Å². The lowest BCUT2D eigenvalue weighted by molar-refractivity contribution is 0.00173. The summed E-state index contributed by atoms with van der Waals surface area (Å²) in [6, 6.07) is 6.24. The molecule has 1 atom stereocenters. The van der Waals surface area contributed by atoms with Gasteiger partial charge in [0, 0.05) is 25.7 Å². The second-order valence-electron chi connectivity index (χ2n) is 6.80. The zero-order chi connectivity index (χ0) is 18.1. The second kappa shape index (κ2) is 10.5. The van der Waals surface area contributed by atoms with Crippen LogP contribution in [0.2, 0.25) is 0 Å². The maximum Gasteiger partial charge on any atom is 0.161 e. The molecule has 0 spiro atoms. The van der Waals surface area contributed by atoms with Gasteiger partial charge in [0.2, 0.25) is 0 Å². The van der Waals surface area contributed by atoms with E-state index in [1.807, 2.05) is 18.2 Å². The van der Waals surface area contributed by atoms with Crippen LogP contribution in [0.1, 0.15) is 33.3 Å². The molecule has 0 bridgehead atoms. The fourth-order valence-corrected chi connectivity index (χ4v) is 2.43. The van der Waals surface area contributed by atoms with E-state index in [1.165, 1.54) is 0 Å². The second-order valence-corrected chi connectivity index (χ2v) is 6.80. The lowest BCUT2D eigenvalue weighted by Gasteiger charge is -2.29. The Morgan fingerprint density at radius 1 is 1.00 bits per heavy atom. The largest absolute Gasteiger partial charge is 0.493 e. The van der Waals surface area contributed by atoms with Crippen molar-refractivity contribution in [1.29, 1.82) is 0 Å².